The van der Waals surface area contributed by atoms with Crippen LogP contribution in [-0.2, 0) is 10.0 Å². The summed E-state index contributed by atoms with van der Waals surface area (Å²) < 4.78 is 26.4. The Morgan fingerprint density at radius 1 is 1.41 bits per heavy atom. The molecule has 1 aromatic rings. The Morgan fingerprint density at radius 3 is 2.47 bits per heavy atom. The van der Waals surface area contributed by atoms with Gasteiger partial charge in [-0.1, -0.05) is 23.8 Å². The van der Waals surface area contributed by atoms with E-state index in [1.165, 1.54) is 6.08 Å². The van der Waals surface area contributed by atoms with Gasteiger partial charge in [0.2, 0.25) is 10.0 Å². The van der Waals surface area contributed by atoms with Crippen LogP contribution in [0.25, 0.3) is 0 Å². The zero-order chi connectivity index (χ0) is 12.9. The quantitative estimate of drug-likeness (QED) is 0.751. The molecule has 5 heteroatoms. The number of aliphatic hydroxyl groups excluding tert-OH is 1. The molecular weight excluding hydrogens is 238 g/mol. The van der Waals surface area contributed by atoms with Gasteiger partial charge in [-0.15, -0.1) is 6.58 Å². The van der Waals surface area contributed by atoms with Crippen LogP contribution in [0.3, 0.4) is 0 Å². The minimum Gasteiger partial charge on any atom is -0.396 e. The van der Waals surface area contributed by atoms with Gasteiger partial charge >= 0.3 is 0 Å². The van der Waals surface area contributed by atoms with E-state index in [0.717, 1.165) is 5.56 Å². The maximum absolute atomic E-state index is 11.9. The van der Waals surface area contributed by atoms with Crippen molar-refractivity contribution in [2.24, 2.45) is 0 Å². The summed E-state index contributed by atoms with van der Waals surface area (Å²) >= 11 is 0. The molecule has 0 fully saturated rings. The van der Waals surface area contributed by atoms with E-state index in [4.69, 9.17) is 5.11 Å². The van der Waals surface area contributed by atoms with Crippen molar-refractivity contribution in [3.8, 4) is 0 Å². The fourth-order valence-corrected chi connectivity index (χ4v) is 2.59. The Labute approximate surface area is 102 Å². The van der Waals surface area contributed by atoms with Gasteiger partial charge in [-0.3, -0.25) is 0 Å². The molecule has 94 valence electrons. The highest BCUT2D eigenvalue weighted by molar-refractivity contribution is 7.89. The lowest BCUT2D eigenvalue weighted by molar-refractivity contribution is 0.280. The highest BCUT2D eigenvalue weighted by Crippen LogP contribution is 2.11. The molecule has 4 nitrogen and oxygen atoms in total. The van der Waals surface area contributed by atoms with Crippen LogP contribution < -0.4 is 4.72 Å². The molecule has 0 saturated carbocycles. The summed E-state index contributed by atoms with van der Waals surface area (Å²) in [5.41, 5.74) is 1.000. The van der Waals surface area contributed by atoms with Crippen LogP contribution in [0.5, 0.6) is 0 Å². The standard InChI is InChI=1S/C12H17NO3S/c1-3-11(8-9-14)13-17(15,16)12-6-4-10(2)5-7-12/h3-7,11,13-14H,1,8-9H2,2H3. The van der Waals surface area contributed by atoms with Crippen molar-refractivity contribution in [2.75, 3.05) is 6.61 Å². The van der Waals surface area contributed by atoms with Gasteiger partial charge < -0.3 is 5.11 Å². The van der Waals surface area contributed by atoms with Crippen LogP contribution in [0.1, 0.15) is 12.0 Å². The Balaban J connectivity index is 2.88. The summed E-state index contributed by atoms with van der Waals surface area (Å²) in [6.45, 7) is 5.33. The van der Waals surface area contributed by atoms with Crippen LogP contribution in [-0.4, -0.2) is 26.2 Å². The van der Waals surface area contributed by atoms with E-state index in [-0.39, 0.29) is 11.5 Å². The van der Waals surface area contributed by atoms with Crippen LogP contribution >= 0.6 is 0 Å². The number of nitrogens with one attached hydrogen (secondary N) is 1. The molecule has 0 aromatic heterocycles. The molecular formula is C12H17NO3S. The molecule has 0 amide bonds. The van der Waals surface area contributed by atoms with Gasteiger partial charge in [-0.2, -0.15) is 0 Å². The SMILES string of the molecule is C=CC(CCO)NS(=O)(=O)c1ccc(C)cc1. The van der Waals surface area contributed by atoms with Crippen molar-refractivity contribution in [1.29, 1.82) is 0 Å². The normalized spacial score (nSPS) is 13.3. The van der Waals surface area contributed by atoms with Crippen molar-refractivity contribution in [3.63, 3.8) is 0 Å². The fraction of sp³-hybridized carbons (Fsp3) is 0.333. The third kappa shape index (κ3) is 3.96. The summed E-state index contributed by atoms with van der Waals surface area (Å²) in [4.78, 5) is 0.216. The molecule has 0 spiro atoms. The minimum atomic E-state index is -3.54. The summed E-state index contributed by atoms with van der Waals surface area (Å²) in [6.07, 6.45) is 1.79. The van der Waals surface area contributed by atoms with Crippen molar-refractivity contribution in [1.82, 2.24) is 4.72 Å². The lowest BCUT2D eigenvalue weighted by Crippen LogP contribution is -2.33. The first-order valence-electron chi connectivity index (χ1n) is 5.32. The van der Waals surface area contributed by atoms with E-state index in [1.807, 2.05) is 6.92 Å². The average Bonchev–Trinajstić information content (AvgIpc) is 2.28. The van der Waals surface area contributed by atoms with Crippen LogP contribution in [0.2, 0.25) is 0 Å². The third-order valence-corrected chi connectivity index (χ3v) is 3.87. The number of hydrogen-bond acceptors (Lipinski definition) is 3. The van der Waals surface area contributed by atoms with Gasteiger partial charge in [0.25, 0.3) is 0 Å². The van der Waals surface area contributed by atoms with Gasteiger partial charge in [0.05, 0.1) is 4.90 Å². The molecule has 0 heterocycles. The molecule has 1 unspecified atom stereocenters. The molecule has 17 heavy (non-hydrogen) atoms. The minimum absolute atomic E-state index is 0.0902. The highest BCUT2D eigenvalue weighted by Gasteiger charge is 2.17. The van der Waals surface area contributed by atoms with E-state index in [0.29, 0.717) is 6.42 Å². The third-order valence-electron chi connectivity index (χ3n) is 2.36. The van der Waals surface area contributed by atoms with Gasteiger partial charge in [0.1, 0.15) is 0 Å². The van der Waals surface area contributed by atoms with Crippen molar-refractivity contribution in [3.05, 3.63) is 42.5 Å². The number of rotatable bonds is 6. The number of hydrogen-bond donors (Lipinski definition) is 2. The predicted molar refractivity (Wildman–Crippen MR) is 67.2 cm³/mol. The van der Waals surface area contributed by atoms with Crippen LogP contribution in [0, 0.1) is 6.92 Å². The molecule has 0 saturated heterocycles. The topological polar surface area (TPSA) is 66.4 Å². The van der Waals surface area contributed by atoms with E-state index in [2.05, 4.69) is 11.3 Å². The molecule has 0 aliphatic heterocycles. The number of sulfonamides is 1. The first kappa shape index (κ1) is 13.9. The van der Waals surface area contributed by atoms with Gasteiger partial charge in [0.15, 0.2) is 0 Å². The molecule has 0 aliphatic carbocycles. The van der Waals surface area contributed by atoms with E-state index in [1.54, 1.807) is 24.3 Å². The molecule has 0 radical (unpaired) electrons. The van der Waals surface area contributed by atoms with Gasteiger partial charge in [0, 0.05) is 12.6 Å². The largest absolute Gasteiger partial charge is 0.396 e. The Bertz CT molecular complexity index is 465. The second kappa shape index (κ2) is 5.95. The lowest BCUT2D eigenvalue weighted by atomic mass is 10.2. The average molecular weight is 255 g/mol. The molecule has 0 aliphatic rings. The Morgan fingerprint density at radius 2 is 2.00 bits per heavy atom. The first-order valence-corrected chi connectivity index (χ1v) is 6.80. The summed E-state index contributed by atoms with van der Waals surface area (Å²) in [6, 6.07) is 6.13. The summed E-state index contributed by atoms with van der Waals surface area (Å²) in [7, 11) is -3.54. The molecule has 1 aromatic carbocycles. The second-order valence-corrected chi connectivity index (χ2v) is 5.50. The number of aryl methyl sites for hydroxylation is 1. The summed E-state index contributed by atoms with van der Waals surface area (Å²) in [5, 5.41) is 8.79. The maximum Gasteiger partial charge on any atom is 0.241 e. The second-order valence-electron chi connectivity index (χ2n) is 3.79. The van der Waals surface area contributed by atoms with Crippen molar-refractivity contribution >= 4 is 10.0 Å². The van der Waals surface area contributed by atoms with Crippen molar-refractivity contribution in [2.45, 2.75) is 24.3 Å². The number of benzene rings is 1. The lowest BCUT2D eigenvalue weighted by Gasteiger charge is -2.13. The Hall–Kier alpha value is -1.17. The van der Waals surface area contributed by atoms with E-state index < -0.39 is 16.1 Å². The van der Waals surface area contributed by atoms with Crippen LogP contribution in [0.15, 0.2) is 41.8 Å². The highest BCUT2D eigenvalue weighted by atomic mass is 32.2. The fourth-order valence-electron chi connectivity index (χ4n) is 1.35. The molecule has 1 rings (SSSR count). The smallest absolute Gasteiger partial charge is 0.241 e. The Kier molecular flexibility index (Phi) is 4.86. The maximum atomic E-state index is 11.9. The monoisotopic (exact) mass is 255 g/mol. The van der Waals surface area contributed by atoms with Gasteiger partial charge in [-0.05, 0) is 25.5 Å². The summed E-state index contributed by atoms with van der Waals surface area (Å²) in [5.74, 6) is 0. The zero-order valence-electron chi connectivity index (χ0n) is 9.76. The number of aliphatic hydroxyl groups is 1. The molecule has 0 bridgehead atoms. The zero-order valence-corrected chi connectivity index (χ0v) is 10.6. The van der Waals surface area contributed by atoms with E-state index in [9.17, 15) is 8.42 Å². The van der Waals surface area contributed by atoms with Crippen molar-refractivity contribution < 1.29 is 13.5 Å². The first-order chi connectivity index (χ1) is 7.99. The predicted octanol–water partition coefficient (Wildman–Crippen LogP) is 1.21. The molecule has 2 N–H and O–H groups in total. The van der Waals surface area contributed by atoms with Crippen LogP contribution in [0.4, 0.5) is 0 Å². The molecule has 1 atom stereocenters. The van der Waals surface area contributed by atoms with Gasteiger partial charge in [-0.25, -0.2) is 13.1 Å². The van der Waals surface area contributed by atoms with E-state index >= 15 is 0 Å².